The Morgan fingerprint density at radius 2 is 2.05 bits per heavy atom. The summed E-state index contributed by atoms with van der Waals surface area (Å²) >= 11 is 1.39. The Bertz CT molecular complexity index is 635. The topological polar surface area (TPSA) is 46.9 Å². The van der Waals surface area contributed by atoms with Crippen LogP contribution < -0.4 is 5.32 Å². The van der Waals surface area contributed by atoms with Crippen LogP contribution in [0.4, 0.5) is 4.39 Å². The first-order valence-electron chi connectivity index (χ1n) is 7.44. The van der Waals surface area contributed by atoms with E-state index in [-0.39, 0.29) is 11.7 Å². The molecule has 1 N–H and O–H groups in total. The van der Waals surface area contributed by atoms with Crippen LogP contribution in [0.2, 0.25) is 0 Å². The van der Waals surface area contributed by atoms with Gasteiger partial charge in [0.15, 0.2) is 5.16 Å². The van der Waals surface area contributed by atoms with Crippen molar-refractivity contribution in [3.05, 3.63) is 42.5 Å². The molecule has 0 aliphatic heterocycles. The smallest absolute Gasteiger partial charge is 0.230 e. The molecular weight excluding hydrogens is 301 g/mol. The minimum Gasteiger partial charge on any atom is -0.353 e. The van der Waals surface area contributed by atoms with E-state index >= 15 is 0 Å². The SMILES string of the molecule is O=C(CSc1nccn1-c1ccc(F)cc1)NC1CCCC1. The van der Waals surface area contributed by atoms with Crippen molar-refractivity contribution < 1.29 is 9.18 Å². The third-order valence-corrected chi connectivity index (χ3v) is 4.73. The van der Waals surface area contributed by atoms with E-state index in [0.29, 0.717) is 11.8 Å². The van der Waals surface area contributed by atoms with Crippen molar-refractivity contribution >= 4 is 17.7 Å². The number of nitrogens with one attached hydrogen (secondary N) is 1. The first kappa shape index (κ1) is 15.1. The maximum absolute atomic E-state index is 13.0. The fourth-order valence-electron chi connectivity index (χ4n) is 2.66. The number of hydrogen-bond acceptors (Lipinski definition) is 3. The number of imidazole rings is 1. The minimum atomic E-state index is -0.269. The van der Waals surface area contributed by atoms with E-state index in [2.05, 4.69) is 10.3 Å². The molecule has 2 aromatic rings. The second-order valence-corrected chi connectivity index (χ2v) is 6.34. The summed E-state index contributed by atoms with van der Waals surface area (Å²) in [6.07, 6.45) is 8.06. The summed E-state index contributed by atoms with van der Waals surface area (Å²) in [6.45, 7) is 0. The van der Waals surface area contributed by atoms with Crippen molar-refractivity contribution in [2.45, 2.75) is 36.9 Å². The van der Waals surface area contributed by atoms with Crippen LogP contribution in [0.1, 0.15) is 25.7 Å². The lowest BCUT2D eigenvalue weighted by Gasteiger charge is -2.12. The van der Waals surface area contributed by atoms with Gasteiger partial charge in [-0.25, -0.2) is 9.37 Å². The van der Waals surface area contributed by atoms with Crippen LogP contribution in [0.15, 0.2) is 41.8 Å². The van der Waals surface area contributed by atoms with Crippen LogP contribution in [0.5, 0.6) is 0 Å². The van der Waals surface area contributed by atoms with Crippen molar-refractivity contribution in [1.82, 2.24) is 14.9 Å². The number of rotatable bonds is 5. The predicted molar refractivity (Wildman–Crippen MR) is 84.6 cm³/mol. The van der Waals surface area contributed by atoms with Crippen LogP contribution >= 0.6 is 11.8 Å². The van der Waals surface area contributed by atoms with Crippen molar-refractivity contribution in [2.24, 2.45) is 0 Å². The molecule has 1 aliphatic carbocycles. The van der Waals surface area contributed by atoms with Gasteiger partial charge < -0.3 is 5.32 Å². The molecule has 116 valence electrons. The molecule has 0 unspecified atom stereocenters. The molecule has 1 aromatic heterocycles. The molecule has 22 heavy (non-hydrogen) atoms. The van der Waals surface area contributed by atoms with Gasteiger partial charge in [-0.3, -0.25) is 9.36 Å². The van der Waals surface area contributed by atoms with E-state index in [1.165, 1.54) is 36.7 Å². The van der Waals surface area contributed by atoms with Crippen molar-refractivity contribution in [2.75, 3.05) is 5.75 Å². The molecule has 1 saturated carbocycles. The summed E-state index contributed by atoms with van der Waals surface area (Å²) in [4.78, 5) is 16.2. The number of benzene rings is 1. The van der Waals surface area contributed by atoms with Gasteiger partial charge in [0.2, 0.25) is 5.91 Å². The molecule has 3 rings (SSSR count). The van der Waals surface area contributed by atoms with Crippen LogP contribution in [-0.2, 0) is 4.79 Å². The van der Waals surface area contributed by atoms with Gasteiger partial charge >= 0.3 is 0 Å². The highest BCUT2D eigenvalue weighted by atomic mass is 32.2. The maximum Gasteiger partial charge on any atom is 0.230 e. The van der Waals surface area contributed by atoms with Crippen LogP contribution in [-0.4, -0.2) is 27.3 Å². The molecule has 1 aromatic carbocycles. The normalized spacial score (nSPS) is 15.1. The number of thioether (sulfide) groups is 1. The number of carbonyl (C=O) groups is 1. The van der Waals surface area contributed by atoms with E-state index in [0.717, 1.165) is 23.7 Å². The molecule has 1 heterocycles. The van der Waals surface area contributed by atoms with E-state index in [9.17, 15) is 9.18 Å². The molecule has 1 aliphatic rings. The Kier molecular flexibility index (Phi) is 4.77. The third-order valence-electron chi connectivity index (χ3n) is 3.76. The summed E-state index contributed by atoms with van der Waals surface area (Å²) in [5.74, 6) is 0.119. The Morgan fingerprint density at radius 1 is 1.32 bits per heavy atom. The molecule has 0 atom stereocenters. The van der Waals surface area contributed by atoms with Crippen molar-refractivity contribution in [3.63, 3.8) is 0 Å². The average Bonchev–Trinajstić information content (AvgIpc) is 3.17. The molecule has 4 nitrogen and oxygen atoms in total. The van der Waals surface area contributed by atoms with E-state index < -0.39 is 0 Å². The number of amides is 1. The quantitative estimate of drug-likeness (QED) is 0.861. The Labute approximate surface area is 133 Å². The van der Waals surface area contributed by atoms with Gasteiger partial charge in [-0.05, 0) is 37.1 Å². The van der Waals surface area contributed by atoms with Crippen molar-refractivity contribution in [1.29, 1.82) is 0 Å². The van der Waals surface area contributed by atoms with Gasteiger partial charge in [0.1, 0.15) is 5.82 Å². The van der Waals surface area contributed by atoms with Crippen LogP contribution in [0.3, 0.4) is 0 Å². The molecule has 1 fully saturated rings. The fourth-order valence-corrected chi connectivity index (χ4v) is 3.45. The summed E-state index contributed by atoms with van der Waals surface area (Å²) in [5.41, 5.74) is 0.831. The Hall–Kier alpha value is -1.82. The second kappa shape index (κ2) is 6.96. The first-order valence-corrected chi connectivity index (χ1v) is 8.42. The lowest BCUT2D eigenvalue weighted by Crippen LogP contribution is -2.33. The van der Waals surface area contributed by atoms with Gasteiger partial charge in [-0.15, -0.1) is 0 Å². The monoisotopic (exact) mass is 319 g/mol. The van der Waals surface area contributed by atoms with E-state index in [1.54, 1.807) is 18.3 Å². The van der Waals surface area contributed by atoms with Gasteiger partial charge in [0.25, 0.3) is 0 Å². The number of aromatic nitrogens is 2. The van der Waals surface area contributed by atoms with E-state index in [1.807, 2.05) is 10.8 Å². The molecule has 0 spiro atoms. The number of nitrogens with zero attached hydrogens (tertiary/aromatic N) is 2. The highest BCUT2D eigenvalue weighted by Gasteiger charge is 2.17. The first-order chi connectivity index (χ1) is 10.7. The van der Waals surface area contributed by atoms with Crippen LogP contribution in [0.25, 0.3) is 5.69 Å². The Balaban J connectivity index is 1.60. The van der Waals surface area contributed by atoms with Gasteiger partial charge in [0.05, 0.1) is 5.75 Å². The summed E-state index contributed by atoms with van der Waals surface area (Å²) in [6, 6.07) is 6.55. The molecule has 0 bridgehead atoms. The third kappa shape index (κ3) is 3.68. The molecule has 1 amide bonds. The summed E-state index contributed by atoms with van der Waals surface area (Å²) in [7, 11) is 0. The minimum absolute atomic E-state index is 0.0468. The van der Waals surface area contributed by atoms with E-state index in [4.69, 9.17) is 0 Å². The highest BCUT2D eigenvalue weighted by Crippen LogP contribution is 2.21. The lowest BCUT2D eigenvalue weighted by molar-refractivity contribution is -0.119. The maximum atomic E-state index is 13.0. The predicted octanol–water partition coefficient (Wildman–Crippen LogP) is 3.16. The highest BCUT2D eigenvalue weighted by molar-refractivity contribution is 7.99. The Morgan fingerprint density at radius 3 is 2.77 bits per heavy atom. The zero-order valence-electron chi connectivity index (χ0n) is 12.2. The molecule has 0 saturated heterocycles. The summed E-state index contributed by atoms with van der Waals surface area (Å²) < 4.78 is 14.8. The standard InChI is InChI=1S/C16H18FN3OS/c17-12-5-7-14(8-6-12)20-10-9-18-16(20)22-11-15(21)19-13-3-1-2-4-13/h5-10,13H,1-4,11H2,(H,19,21). The largest absolute Gasteiger partial charge is 0.353 e. The lowest BCUT2D eigenvalue weighted by atomic mass is 10.2. The fraction of sp³-hybridized carbons (Fsp3) is 0.375. The van der Waals surface area contributed by atoms with Gasteiger partial charge in [0, 0.05) is 24.1 Å². The molecular formula is C16H18FN3OS. The molecule has 6 heteroatoms. The molecule has 0 radical (unpaired) electrons. The zero-order chi connectivity index (χ0) is 15.4. The van der Waals surface area contributed by atoms with Crippen LogP contribution in [0, 0.1) is 5.82 Å². The zero-order valence-corrected chi connectivity index (χ0v) is 13.0. The average molecular weight is 319 g/mol. The second-order valence-electron chi connectivity index (χ2n) is 5.39. The van der Waals surface area contributed by atoms with Crippen molar-refractivity contribution in [3.8, 4) is 5.69 Å². The number of hydrogen-bond donors (Lipinski definition) is 1. The van der Waals surface area contributed by atoms with Gasteiger partial charge in [-0.1, -0.05) is 24.6 Å². The summed E-state index contributed by atoms with van der Waals surface area (Å²) in [5, 5.41) is 3.79. The number of halogens is 1. The van der Waals surface area contributed by atoms with Gasteiger partial charge in [-0.2, -0.15) is 0 Å². The number of carbonyl (C=O) groups excluding carboxylic acids is 1.